The summed E-state index contributed by atoms with van der Waals surface area (Å²) in [6.07, 6.45) is 2.56. The van der Waals surface area contributed by atoms with Crippen LogP contribution >= 0.6 is 11.6 Å². The number of pyridine rings is 1. The molecule has 3 nitrogen and oxygen atoms in total. The van der Waals surface area contributed by atoms with Crippen LogP contribution in [0, 0.1) is 6.92 Å². The Kier molecular flexibility index (Phi) is 3.70. The minimum absolute atomic E-state index is 0.567. The van der Waals surface area contributed by atoms with Crippen molar-refractivity contribution in [1.82, 2.24) is 14.5 Å². The Labute approximate surface area is 123 Å². The molecule has 0 N–H and O–H groups in total. The van der Waals surface area contributed by atoms with Gasteiger partial charge in [-0.1, -0.05) is 29.8 Å². The molecule has 0 aliphatic rings. The van der Waals surface area contributed by atoms with Gasteiger partial charge < -0.3 is 4.57 Å². The lowest BCUT2D eigenvalue weighted by molar-refractivity contribution is 0.747. The first-order valence-electron chi connectivity index (χ1n) is 6.69. The lowest BCUT2D eigenvalue weighted by atomic mass is 10.1. The molecule has 0 atom stereocenters. The van der Waals surface area contributed by atoms with Gasteiger partial charge in [-0.2, -0.15) is 0 Å². The van der Waals surface area contributed by atoms with Gasteiger partial charge in [-0.15, -0.1) is 11.6 Å². The fraction of sp³-hybridized carbons (Fsp3) is 0.250. The van der Waals surface area contributed by atoms with Crippen LogP contribution in [0.15, 0.2) is 42.6 Å². The molecule has 0 saturated carbocycles. The van der Waals surface area contributed by atoms with Crippen LogP contribution in [0.4, 0.5) is 0 Å². The minimum Gasteiger partial charge on any atom is -0.308 e. The quantitative estimate of drug-likeness (QED) is 0.686. The van der Waals surface area contributed by atoms with Gasteiger partial charge in [0, 0.05) is 18.5 Å². The zero-order valence-electron chi connectivity index (χ0n) is 11.4. The van der Waals surface area contributed by atoms with Gasteiger partial charge >= 0.3 is 0 Å². The zero-order valence-corrected chi connectivity index (χ0v) is 12.1. The van der Waals surface area contributed by atoms with Crippen molar-refractivity contribution in [3.05, 3.63) is 59.5 Å². The number of imidazole rings is 1. The number of alkyl halides is 1. The predicted molar refractivity (Wildman–Crippen MR) is 82.2 cm³/mol. The summed E-state index contributed by atoms with van der Waals surface area (Å²) in [4.78, 5) is 9.10. The van der Waals surface area contributed by atoms with E-state index in [1.807, 2.05) is 12.1 Å². The molecule has 1 aromatic carbocycles. The van der Waals surface area contributed by atoms with Crippen molar-refractivity contribution in [3.63, 3.8) is 0 Å². The molecule has 20 heavy (non-hydrogen) atoms. The second-order valence-corrected chi connectivity index (χ2v) is 5.27. The molecule has 0 unspecified atom stereocenters. The van der Waals surface area contributed by atoms with Crippen molar-refractivity contribution in [3.8, 4) is 0 Å². The van der Waals surface area contributed by atoms with Gasteiger partial charge in [0.05, 0.1) is 6.54 Å². The maximum Gasteiger partial charge on any atom is 0.160 e. The molecule has 0 aliphatic carbocycles. The van der Waals surface area contributed by atoms with Crippen LogP contribution < -0.4 is 0 Å². The molecular formula is C16H16ClN3. The van der Waals surface area contributed by atoms with E-state index >= 15 is 0 Å². The average Bonchev–Trinajstić information content (AvgIpc) is 2.78. The van der Waals surface area contributed by atoms with Crippen LogP contribution in [-0.2, 0) is 13.0 Å². The summed E-state index contributed by atoms with van der Waals surface area (Å²) in [6.45, 7) is 2.88. The molecule has 0 radical (unpaired) electrons. The maximum absolute atomic E-state index is 5.89. The molecule has 3 aromatic rings. The molecule has 4 heteroatoms. The Morgan fingerprint density at radius 1 is 1.20 bits per heavy atom. The Morgan fingerprint density at radius 3 is 2.90 bits per heavy atom. The van der Waals surface area contributed by atoms with Crippen molar-refractivity contribution < 1.29 is 0 Å². The Morgan fingerprint density at radius 2 is 2.10 bits per heavy atom. The normalized spacial score (nSPS) is 11.1. The van der Waals surface area contributed by atoms with Crippen molar-refractivity contribution in [2.45, 2.75) is 19.9 Å². The Balaban J connectivity index is 2.06. The molecule has 3 rings (SSSR count). The van der Waals surface area contributed by atoms with E-state index in [0.717, 1.165) is 30.0 Å². The Hall–Kier alpha value is -1.87. The molecule has 102 valence electrons. The fourth-order valence-electron chi connectivity index (χ4n) is 2.44. The third-order valence-electron chi connectivity index (χ3n) is 3.32. The first kappa shape index (κ1) is 13.1. The van der Waals surface area contributed by atoms with Gasteiger partial charge in [0.1, 0.15) is 11.3 Å². The number of nitrogens with zero attached hydrogens (tertiary/aromatic N) is 3. The lowest BCUT2D eigenvalue weighted by Crippen LogP contribution is -2.06. The van der Waals surface area contributed by atoms with Gasteiger partial charge in [-0.05, 0) is 24.6 Å². The third-order valence-corrected chi connectivity index (χ3v) is 3.51. The molecule has 0 bridgehead atoms. The first-order chi connectivity index (χ1) is 9.78. The van der Waals surface area contributed by atoms with Crippen LogP contribution in [0.1, 0.15) is 17.0 Å². The molecule has 0 aliphatic heterocycles. The monoisotopic (exact) mass is 285 g/mol. The lowest BCUT2D eigenvalue weighted by Gasteiger charge is -2.08. The summed E-state index contributed by atoms with van der Waals surface area (Å²) in [6, 6.07) is 12.4. The highest BCUT2D eigenvalue weighted by Crippen LogP contribution is 2.17. The average molecular weight is 286 g/mol. The molecule has 2 aromatic heterocycles. The second-order valence-electron chi connectivity index (χ2n) is 4.89. The van der Waals surface area contributed by atoms with E-state index in [-0.39, 0.29) is 0 Å². The number of rotatable bonds is 4. The summed E-state index contributed by atoms with van der Waals surface area (Å²) >= 11 is 5.89. The summed E-state index contributed by atoms with van der Waals surface area (Å²) in [7, 11) is 0. The summed E-state index contributed by atoms with van der Waals surface area (Å²) in [5.74, 6) is 1.56. The van der Waals surface area contributed by atoms with E-state index in [9.17, 15) is 0 Å². The first-order valence-corrected chi connectivity index (χ1v) is 7.23. The van der Waals surface area contributed by atoms with E-state index in [1.165, 1.54) is 11.1 Å². The van der Waals surface area contributed by atoms with Gasteiger partial charge in [-0.3, -0.25) is 0 Å². The van der Waals surface area contributed by atoms with Crippen LogP contribution in [0.25, 0.3) is 11.2 Å². The molecule has 0 spiro atoms. The highest BCUT2D eigenvalue weighted by molar-refractivity contribution is 6.17. The SMILES string of the molecule is Cc1cccc(Cn2c(CCCl)nc3cccnc32)c1. The van der Waals surface area contributed by atoms with Crippen molar-refractivity contribution in [2.24, 2.45) is 0 Å². The van der Waals surface area contributed by atoms with E-state index in [4.69, 9.17) is 11.6 Å². The Bertz CT molecular complexity index is 733. The number of halogens is 1. The topological polar surface area (TPSA) is 30.7 Å². The second kappa shape index (κ2) is 5.63. The number of hydrogen-bond acceptors (Lipinski definition) is 2. The van der Waals surface area contributed by atoms with Gasteiger partial charge in [-0.25, -0.2) is 9.97 Å². The third kappa shape index (κ3) is 2.54. The summed E-state index contributed by atoms with van der Waals surface area (Å²) in [5, 5.41) is 0. The highest BCUT2D eigenvalue weighted by Gasteiger charge is 2.11. The fourth-order valence-corrected chi connectivity index (χ4v) is 2.61. The van der Waals surface area contributed by atoms with E-state index in [1.54, 1.807) is 6.20 Å². The van der Waals surface area contributed by atoms with Crippen molar-refractivity contribution in [1.29, 1.82) is 0 Å². The van der Waals surface area contributed by atoms with E-state index in [2.05, 4.69) is 45.7 Å². The zero-order chi connectivity index (χ0) is 13.9. The minimum atomic E-state index is 0.567. The van der Waals surface area contributed by atoms with Gasteiger partial charge in [0.25, 0.3) is 0 Å². The molecule has 0 fully saturated rings. The smallest absolute Gasteiger partial charge is 0.160 e. The number of hydrogen-bond donors (Lipinski definition) is 0. The van der Waals surface area contributed by atoms with Gasteiger partial charge in [0.15, 0.2) is 5.65 Å². The van der Waals surface area contributed by atoms with Crippen LogP contribution in [-0.4, -0.2) is 20.4 Å². The predicted octanol–water partition coefficient (Wildman–Crippen LogP) is 3.57. The standard InChI is InChI=1S/C16H16ClN3/c1-12-4-2-5-13(10-12)11-20-15(7-8-17)19-14-6-3-9-18-16(14)20/h2-6,9-10H,7-8,11H2,1H3. The van der Waals surface area contributed by atoms with E-state index in [0.29, 0.717) is 5.88 Å². The molecular weight excluding hydrogens is 270 g/mol. The number of aryl methyl sites for hydroxylation is 2. The number of aromatic nitrogens is 3. The van der Waals surface area contributed by atoms with Crippen LogP contribution in [0.3, 0.4) is 0 Å². The van der Waals surface area contributed by atoms with Gasteiger partial charge in [0.2, 0.25) is 0 Å². The number of benzene rings is 1. The van der Waals surface area contributed by atoms with Crippen LogP contribution in [0.2, 0.25) is 0 Å². The maximum atomic E-state index is 5.89. The summed E-state index contributed by atoms with van der Waals surface area (Å²) in [5.41, 5.74) is 4.37. The molecule has 0 amide bonds. The van der Waals surface area contributed by atoms with Crippen molar-refractivity contribution in [2.75, 3.05) is 5.88 Å². The van der Waals surface area contributed by atoms with Crippen molar-refractivity contribution >= 4 is 22.8 Å². The molecule has 0 saturated heterocycles. The molecule has 2 heterocycles. The van der Waals surface area contributed by atoms with E-state index < -0.39 is 0 Å². The number of fused-ring (bicyclic) bond motifs is 1. The summed E-state index contributed by atoms with van der Waals surface area (Å²) < 4.78 is 2.16. The largest absolute Gasteiger partial charge is 0.308 e. The highest BCUT2D eigenvalue weighted by atomic mass is 35.5. The van der Waals surface area contributed by atoms with Crippen LogP contribution in [0.5, 0.6) is 0 Å².